The molecule has 6 nitrogen and oxygen atoms in total. The highest BCUT2D eigenvalue weighted by atomic mass is 32.3. The monoisotopic (exact) mass is 455 g/mol. The van der Waals surface area contributed by atoms with Crippen molar-refractivity contribution in [3.63, 3.8) is 0 Å². The first kappa shape index (κ1) is 26.3. The molecule has 0 saturated heterocycles. The van der Waals surface area contributed by atoms with Crippen LogP contribution >= 0.6 is 0 Å². The van der Waals surface area contributed by atoms with Gasteiger partial charge in [-0.3, -0.25) is 9.45 Å². The molecule has 0 saturated carbocycles. The summed E-state index contributed by atoms with van der Waals surface area (Å²) >= 11 is 0. The van der Waals surface area contributed by atoms with Crippen molar-refractivity contribution < 1.29 is 21.9 Å². The SMILES string of the molecule is CCCCCCC(CCCC)COCC(CN1CCc2ccccc2C1)OS(=O)(=O)O. The van der Waals surface area contributed by atoms with E-state index >= 15 is 0 Å². The number of nitrogens with zero attached hydrogens (tertiary/aromatic N) is 1. The third kappa shape index (κ3) is 10.9. The van der Waals surface area contributed by atoms with Gasteiger partial charge < -0.3 is 4.74 Å². The minimum atomic E-state index is -4.53. The number of hydrogen-bond donors (Lipinski definition) is 1. The van der Waals surface area contributed by atoms with Crippen LogP contribution in [0.2, 0.25) is 0 Å². The quantitative estimate of drug-likeness (QED) is 0.278. The minimum Gasteiger partial charge on any atom is -0.378 e. The largest absolute Gasteiger partial charge is 0.397 e. The molecule has 1 N–H and O–H groups in total. The average molecular weight is 456 g/mol. The van der Waals surface area contributed by atoms with Gasteiger partial charge in [0.15, 0.2) is 0 Å². The first-order valence-electron chi connectivity index (χ1n) is 11.9. The third-order valence-electron chi connectivity index (χ3n) is 6.02. The molecule has 0 bridgehead atoms. The number of unbranched alkanes of at least 4 members (excludes halogenated alkanes) is 4. The molecule has 1 aliphatic heterocycles. The van der Waals surface area contributed by atoms with Crippen molar-refractivity contribution >= 4 is 10.4 Å². The van der Waals surface area contributed by atoms with E-state index in [2.05, 4.69) is 30.9 Å². The molecular formula is C24H41NO5S. The van der Waals surface area contributed by atoms with Crippen molar-refractivity contribution in [2.45, 2.75) is 84.3 Å². The summed E-state index contributed by atoms with van der Waals surface area (Å²) < 4.78 is 42.9. The van der Waals surface area contributed by atoms with Crippen LogP contribution in [-0.4, -0.2) is 50.3 Å². The van der Waals surface area contributed by atoms with Crippen molar-refractivity contribution in [1.82, 2.24) is 4.90 Å². The van der Waals surface area contributed by atoms with E-state index in [9.17, 15) is 13.0 Å². The summed E-state index contributed by atoms with van der Waals surface area (Å²) in [6.07, 6.45) is 9.79. The summed E-state index contributed by atoms with van der Waals surface area (Å²) in [4.78, 5) is 2.17. The zero-order valence-electron chi connectivity index (χ0n) is 19.3. The lowest BCUT2D eigenvalue weighted by atomic mass is 9.96. The lowest BCUT2D eigenvalue weighted by Gasteiger charge is -2.31. The molecule has 0 spiro atoms. The molecule has 2 rings (SSSR count). The number of fused-ring (bicyclic) bond motifs is 1. The maximum Gasteiger partial charge on any atom is 0.397 e. The smallest absolute Gasteiger partial charge is 0.378 e. The summed E-state index contributed by atoms with van der Waals surface area (Å²) in [7, 11) is -4.53. The van der Waals surface area contributed by atoms with Crippen LogP contribution in [0.25, 0.3) is 0 Å². The van der Waals surface area contributed by atoms with Crippen molar-refractivity contribution in [2.24, 2.45) is 5.92 Å². The van der Waals surface area contributed by atoms with E-state index < -0.39 is 16.5 Å². The lowest BCUT2D eigenvalue weighted by Crippen LogP contribution is -2.40. The third-order valence-corrected chi connectivity index (χ3v) is 6.53. The molecule has 1 aliphatic rings. The first-order valence-corrected chi connectivity index (χ1v) is 13.3. The molecule has 2 unspecified atom stereocenters. The van der Waals surface area contributed by atoms with E-state index in [0.717, 1.165) is 38.8 Å². The van der Waals surface area contributed by atoms with Crippen LogP contribution in [0.15, 0.2) is 24.3 Å². The zero-order valence-corrected chi connectivity index (χ0v) is 20.1. The zero-order chi connectivity index (χ0) is 22.5. The van der Waals surface area contributed by atoms with Gasteiger partial charge in [0.05, 0.1) is 6.61 Å². The Balaban J connectivity index is 1.86. The predicted octanol–water partition coefficient (Wildman–Crippen LogP) is 5.03. The van der Waals surface area contributed by atoms with Crippen LogP contribution in [-0.2, 0) is 32.3 Å². The molecule has 0 fully saturated rings. The van der Waals surface area contributed by atoms with Gasteiger partial charge in [-0.1, -0.05) is 76.6 Å². The predicted molar refractivity (Wildman–Crippen MR) is 124 cm³/mol. The molecule has 0 aliphatic carbocycles. The lowest BCUT2D eigenvalue weighted by molar-refractivity contribution is 0.00993. The Kier molecular flexibility index (Phi) is 12.0. The number of rotatable bonds is 16. The average Bonchev–Trinajstić information content (AvgIpc) is 2.73. The highest BCUT2D eigenvalue weighted by Crippen LogP contribution is 2.20. The van der Waals surface area contributed by atoms with Gasteiger partial charge in [-0.25, -0.2) is 4.18 Å². The van der Waals surface area contributed by atoms with Crippen molar-refractivity contribution in [3.05, 3.63) is 35.4 Å². The molecule has 1 aromatic rings. The van der Waals surface area contributed by atoms with Crippen LogP contribution < -0.4 is 0 Å². The van der Waals surface area contributed by atoms with Gasteiger partial charge in [0.1, 0.15) is 6.10 Å². The van der Waals surface area contributed by atoms with Gasteiger partial charge in [0.2, 0.25) is 0 Å². The van der Waals surface area contributed by atoms with Crippen LogP contribution in [0.4, 0.5) is 0 Å². The van der Waals surface area contributed by atoms with Gasteiger partial charge in [0, 0.05) is 26.2 Å². The molecule has 2 atom stereocenters. The second-order valence-electron chi connectivity index (χ2n) is 8.79. The fourth-order valence-corrected chi connectivity index (χ4v) is 4.77. The summed E-state index contributed by atoms with van der Waals surface area (Å²) in [5.41, 5.74) is 2.59. The van der Waals surface area contributed by atoms with Crippen molar-refractivity contribution in [1.29, 1.82) is 0 Å². The minimum absolute atomic E-state index is 0.162. The maximum atomic E-state index is 11.4. The van der Waals surface area contributed by atoms with Gasteiger partial charge in [0.25, 0.3) is 0 Å². The van der Waals surface area contributed by atoms with Crippen LogP contribution in [0.3, 0.4) is 0 Å². The van der Waals surface area contributed by atoms with E-state index in [0.29, 0.717) is 19.1 Å². The molecule has 0 amide bonds. The Morgan fingerprint density at radius 1 is 1.00 bits per heavy atom. The molecular weight excluding hydrogens is 414 g/mol. The van der Waals surface area contributed by atoms with Crippen LogP contribution in [0, 0.1) is 5.92 Å². The summed E-state index contributed by atoms with van der Waals surface area (Å²) in [6, 6.07) is 8.31. The Hall–Kier alpha value is -0.990. The molecule has 178 valence electrons. The highest BCUT2D eigenvalue weighted by molar-refractivity contribution is 7.80. The topological polar surface area (TPSA) is 76.1 Å². The second-order valence-corrected chi connectivity index (χ2v) is 9.84. The molecule has 1 aromatic carbocycles. The van der Waals surface area contributed by atoms with Crippen LogP contribution in [0.5, 0.6) is 0 Å². The van der Waals surface area contributed by atoms with E-state index in [-0.39, 0.29) is 6.61 Å². The van der Waals surface area contributed by atoms with Gasteiger partial charge in [-0.05, 0) is 36.3 Å². The maximum absolute atomic E-state index is 11.4. The van der Waals surface area contributed by atoms with E-state index in [1.807, 2.05) is 12.1 Å². The van der Waals surface area contributed by atoms with E-state index in [4.69, 9.17) is 8.92 Å². The molecule has 1 heterocycles. The van der Waals surface area contributed by atoms with E-state index in [1.54, 1.807) is 0 Å². The Bertz CT molecular complexity index is 724. The molecule has 0 radical (unpaired) electrons. The molecule has 31 heavy (non-hydrogen) atoms. The number of ether oxygens (including phenoxy) is 1. The van der Waals surface area contributed by atoms with Crippen LogP contribution in [0.1, 0.15) is 76.3 Å². The number of hydrogen-bond acceptors (Lipinski definition) is 5. The molecule has 7 heteroatoms. The standard InChI is InChI=1S/C24H41NO5S/c1-3-5-7-8-12-21(11-6-4-2)19-29-20-24(30-31(26,27)28)18-25-16-15-22-13-9-10-14-23(22)17-25/h9-10,13-14,21,24H,3-8,11-12,15-20H2,1-2H3,(H,26,27,28). The summed E-state index contributed by atoms with van der Waals surface area (Å²) in [5.74, 6) is 0.491. The summed E-state index contributed by atoms with van der Waals surface area (Å²) in [5, 5.41) is 0. The van der Waals surface area contributed by atoms with Gasteiger partial charge >= 0.3 is 10.4 Å². The first-order chi connectivity index (χ1) is 14.9. The fraction of sp³-hybridized carbons (Fsp3) is 0.750. The highest BCUT2D eigenvalue weighted by Gasteiger charge is 2.24. The normalized spacial score (nSPS) is 16.7. The van der Waals surface area contributed by atoms with Gasteiger partial charge in [-0.2, -0.15) is 8.42 Å². The Morgan fingerprint density at radius 3 is 2.42 bits per heavy atom. The number of benzene rings is 1. The summed E-state index contributed by atoms with van der Waals surface area (Å²) in [6.45, 7) is 7.17. The van der Waals surface area contributed by atoms with Crippen molar-refractivity contribution in [3.8, 4) is 0 Å². The second kappa shape index (κ2) is 14.2. The Labute approximate surface area is 189 Å². The Morgan fingerprint density at radius 2 is 1.71 bits per heavy atom. The van der Waals surface area contributed by atoms with E-state index in [1.165, 1.54) is 43.2 Å². The van der Waals surface area contributed by atoms with Gasteiger partial charge in [-0.15, -0.1) is 0 Å². The van der Waals surface area contributed by atoms with Crippen molar-refractivity contribution in [2.75, 3.05) is 26.3 Å². The fourth-order valence-electron chi connectivity index (χ4n) is 4.31. The molecule has 0 aromatic heterocycles.